The highest BCUT2D eigenvalue weighted by Gasteiger charge is 2.26. The molecule has 1 unspecified atom stereocenters. The zero-order valence-electron chi connectivity index (χ0n) is 13.3. The Morgan fingerprint density at radius 3 is 2.30 bits per heavy atom. The van der Waals surface area contributed by atoms with E-state index in [0.717, 1.165) is 25.8 Å². The molecule has 1 atom stereocenters. The summed E-state index contributed by atoms with van der Waals surface area (Å²) in [5.41, 5.74) is 1.33. The summed E-state index contributed by atoms with van der Waals surface area (Å²) in [6.07, 6.45) is 3.31. The summed E-state index contributed by atoms with van der Waals surface area (Å²) in [5, 5.41) is 0. The maximum Gasteiger partial charge on any atom is 0.179 e. The summed E-state index contributed by atoms with van der Waals surface area (Å²) in [7, 11) is -3.19. The van der Waals surface area contributed by atoms with E-state index in [4.69, 9.17) is 0 Å². The molecule has 1 aliphatic heterocycles. The lowest BCUT2D eigenvalue weighted by molar-refractivity contribution is 0.267. The molecule has 122 valence electrons. The van der Waals surface area contributed by atoms with Crippen molar-refractivity contribution in [2.45, 2.75) is 30.2 Å². The summed E-state index contributed by atoms with van der Waals surface area (Å²) in [6, 6.07) is 19.7. The first-order valence-corrected chi connectivity index (χ1v) is 9.86. The van der Waals surface area contributed by atoms with Crippen molar-refractivity contribution < 1.29 is 8.42 Å². The normalized spacial score (nSPS) is 19.0. The fourth-order valence-electron chi connectivity index (χ4n) is 3.29. The van der Waals surface area contributed by atoms with Gasteiger partial charge in [0.2, 0.25) is 0 Å². The second-order valence-corrected chi connectivity index (χ2v) is 8.26. The SMILES string of the molecule is O=S(=O)(CCN1CCCC1Cc1ccccc1)c1ccccc1. The van der Waals surface area contributed by atoms with Gasteiger partial charge in [0.05, 0.1) is 10.6 Å². The molecule has 1 heterocycles. The number of rotatable bonds is 6. The van der Waals surface area contributed by atoms with E-state index in [0.29, 0.717) is 17.5 Å². The van der Waals surface area contributed by atoms with Crippen molar-refractivity contribution in [2.75, 3.05) is 18.8 Å². The van der Waals surface area contributed by atoms with Crippen LogP contribution in [0.1, 0.15) is 18.4 Å². The minimum atomic E-state index is -3.19. The van der Waals surface area contributed by atoms with Gasteiger partial charge in [0.1, 0.15) is 0 Å². The van der Waals surface area contributed by atoms with E-state index in [1.165, 1.54) is 5.56 Å². The Bertz CT molecular complexity index is 714. The van der Waals surface area contributed by atoms with E-state index >= 15 is 0 Å². The molecule has 4 heteroatoms. The van der Waals surface area contributed by atoms with Crippen LogP contribution >= 0.6 is 0 Å². The van der Waals surface area contributed by atoms with Gasteiger partial charge in [-0.3, -0.25) is 4.90 Å². The molecule has 0 aromatic heterocycles. The van der Waals surface area contributed by atoms with Crippen LogP contribution in [-0.4, -0.2) is 38.2 Å². The van der Waals surface area contributed by atoms with Gasteiger partial charge in [-0.2, -0.15) is 0 Å². The second-order valence-electron chi connectivity index (χ2n) is 6.15. The van der Waals surface area contributed by atoms with Crippen LogP contribution in [0.4, 0.5) is 0 Å². The van der Waals surface area contributed by atoms with Gasteiger partial charge in [0.25, 0.3) is 0 Å². The van der Waals surface area contributed by atoms with E-state index in [1.807, 2.05) is 12.1 Å². The molecule has 0 spiro atoms. The van der Waals surface area contributed by atoms with E-state index in [1.54, 1.807) is 24.3 Å². The maximum atomic E-state index is 12.4. The lowest BCUT2D eigenvalue weighted by Crippen LogP contribution is -2.35. The topological polar surface area (TPSA) is 37.4 Å². The number of likely N-dealkylation sites (tertiary alicyclic amines) is 1. The summed E-state index contributed by atoms with van der Waals surface area (Å²) >= 11 is 0. The highest BCUT2D eigenvalue weighted by Crippen LogP contribution is 2.21. The van der Waals surface area contributed by atoms with Crippen molar-refractivity contribution in [3.63, 3.8) is 0 Å². The Morgan fingerprint density at radius 1 is 0.957 bits per heavy atom. The molecular formula is C19H23NO2S. The monoisotopic (exact) mass is 329 g/mol. The van der Waals surface area contributed by atoms with E-state index in [9.17, 15) is 8.42 Å². The quantitative estimate of drug-likeness (QED) is 0.817. The summed E-state index contributed by atoms with van der Waals surface area (Å²) in [6.45, 7) is 1.62. The van der Waals surface area contributed by atoms with Crippen molar-refractivity contribution in [1.29, 1.82) is 0 Å². The van der Waals surface area contributed by atoms with Gasteiger partial charge in [-0.1, -0.05) is 48.5 Å². The van der Waals surface area contributed by atoms with Crippen LogP contribution in [0.25, 0.3) is 0 Å². The molecule has 1 saturated heterocycles. The Balaban J connectivity index is 1.61. The van der Waals surface area contributed by atoms with Crippen LogP contribution in [-0.2, 0) is 16.3 Å². The molecule has 23 heavy (non-hydrogen) atoms. The zero-order valence-corrected chi connectivity index (χ0v) is 14.1. The highest BCUT2D eigenvalue weighted by atomic mass is 32.2. The van der Waals surface area contributed by atoms with Gasteiger partial charge in [-0.25, -0.2) is 8.42 Å². The number of benzene rings is 2. The van der Waals surface area contributed by atoms with Gasteiger partial charge in [0, 0.05) is 12.6 Å². The van der Waals surface area contributed by atoms with Crippen molar-refractivity contribution in [1.82, 2.24) is 4.90 Å². The molecule has 0 bridgehead atoms. The Kier molecular flexibility index (Phi) is 5.13. The Morgan fingerprint density at radius 2 is 1.61 bits per heavy atom. The van der Waals surface area contributed by atoms with Gasteiger partial charge >= 0.3 is 0 Å². The third-order valence-corrected chi connectivity index (χ3v) is 6.27. The third-order valence-electron chi connectivity index (χ3n) is 4.56. The van der Waals surface area contributed by atoms with Crippen LogP contribution in [0.5, 0.6) is 0 Å². The lowest BCUT2D eigenvalue weighted by Gasteiger charge is -2.24. The minimum absolute atomic E-state index is 0.197. The molecule has 0 amide bonds. The van der Waals surface area contributed by atoms with Crippen LogP contribution in [0, 0.1) is 0 Å². The molecule has 3 rings (SSSR count). The first kappa shape index (κ1) is 16.2. The molecule has 1 fully saturated rings. The highest BCUT2D eigenvalue weighted by molar-refractivity contribution is 7.91. The molecule has 0 aliphatic carbocycles. The summed E-state index contributed by atoms with van der Waals surface area (Å²) in [4.78, 5) is 2.77. The third kappa shape index (κ3) is 4.21. The number of hydrogen-bond acceptors (Lipinski definition) is 3. The fraction of sp³-hybridized carbons (Fsp3) is 0.368. The van der Waals surface area contributed by atoms with Crippen molar-refractivity contribution in [3.8, 4) is 0 Å². The molecule has 2 aromatic carbocycles. The van der Waals surface area contributed by atoms with Gasteiger partial charge < -0.3 is 0 Å². The van der Waals surface area contributed by atoms with Crippen LogP contribution in [0.2, 0.25) is 0 Å². The molecule has 0 N–H and O–H groups in total. The Labute approximate surface area is 138 Å². The first-order valence-electron chi connectivity index (χ1n) is 8.21. The van der Waals surface area contributed by atoms with Crippen LogP contribution in [0.3, 0.4) is 0 Å². The first-order chi connectivity index (χ1) is 11.1. The molecule has 3 nitrogen and oxygen atoms in total. The number of sulfone groups is 1. The van der Waals surface area contributed by atoms with Crippen molar-refractivity contribution in [3.05, 3.63) is 66.2 Å². The van der Waals surface area contributed by atoms with Gasteiger partial charge in [-0.15, -0.1) is 0 Å². The predicted molar refractivity (Wildman–Crippen MR) is 93.2 cm³/mol. The average Bonchev–Trinajstić information content (AvgIpc) is 3.02. The lowest BCUT2D eigenvalue weighted by atomic mass is 10.0. The molecule has 0 saturated carbocycles. The molecular weight excluding hydrogens is 306 g/mol. The summed E-state index contributed by atoms with van der Waals surface area (Å²) < 4.78 is 24.9. The van der Waals surface area contributed by atoms with E-state index in [2.05, 4.69) is 29.2 Å². The Hall–Kier alpha value is -1.65. The molecule has 2 aromatic rings. The second kappa shape index (κ2) is 7.28. The molecule has 0 radical (unpaired) electrons. The fourth-order valence-corrected chi connectivity index (χ4v) is 4.57. The van der Waals surface area contributed by atoms with E-state index in [-0.39, 0.29) is 5.75 Å². The zero-order chi connectivity index (χ0) is 16.1. The van der Waals surface area contributed by atoms with Crippen LogP contribution < -0.4 is 0 Å². The number of nitrogens with zero attached hydrogens (tertiary/aromatic N) is 1. The maximum absolute atomic E-state index is 12.4. The largest absolute Gasteiger partial charge is 0.299 e. The van der Waals surface area contributed by atoms with E-state index < -0.39 is 9.84 Å². The molecule has 1 aliphatic rings. The number of hydrogen-bond donors (Lipinski definition) is 0. The van der Waals surface area contributed by atoms with Crippen molar-refractivity contribution >= 4 is 9.84 Å². The van der Waals surface area contributed by atoms with Crippen LogP contribution in [0.15, 0.2) is 65.6 Å². The van der Waals surface area contributed by atoms with Gasteiger partial charge in [0.15, 0.2) is 9.84 Å². The summed E-state index contributed by atoms with van der Waals surface area (Å²) in [5.74, 6) is 0.197. The average molecular weight is 329 g/mol. The van der Waals surface area contributed by atoms with Gasteiger partial charge in [-0.05, 0) is 43.5 Å². The predicted octanol–water partition coefficient (Wildman–Crippen LogP) is 3.17. The smallest absolute Gasteiger partial charge is 0.179 e. The minimum Gasteiger partial charge on any atom is -0.299 e. The standard InChI is InChI=1S/C19H23NO2S/c21-23(22,19-11-5-2-6-12-19)15-14-20-13-7-10-18(20)16-17-8-3-1-4-9-17/h1-6,8-9,11-12,18H,7,10,13-16H2. The van der Waals surface area contributed by atoms with Crippen molar-refractivity contribution in [2.24, 2.45) is 0 Å².